The van der Waals surface area contributed by atoms with Gasteiger partial charge in [-0.05, 0) is 30.7 Å². The third-order valence-electron chi connectivity index (χ3n) is 4.40. The number of aliphatic hydroxyl groups excluding tert-OH is 1. The Hall–Kier alpha value is -1.35. The van der Waals surface area contributed by atoms with Crippen LogP contribution >= 0.6 is 0 Å². The van der Waals surface area contributed by atoms with Crippen LogP contribution in [0.2, 0.25) is 0 Å². The fourth-order valence-electron chi connectivity index (χ4n) is 2.60. The first-order chi connectivity index (χ1) is 9.15. The Bertz CT molecular complexity index is 417. The minimum atomic E-state index is -0.444. The molecule has 19 heavy (non-hydrogen) atoms. The Morgan fingerprint density at radius 1 is 1.32 bits per heavy atom. The number of hydrogen-bond donors (Lipinski definition) is 2. The molecule has 0 heterocycles. The molecule has 0 saturated heterocycles. The third kappa shape index (κ3) is 2.98. The molecule has 1 aromatic rings. The number of nitrogens with one attached hydrogen (secondary N) is 1. The maximum absolute atomic E-state index is 12.3. The smallest absolute Gasteiger partial charge is 0.224 e. The van der Waals surface area contributed by atoms with Crippen molar-refractivity contribution in [3.05, 3.63) is 35.9 Å². The number of aliphatic hydroxyl groups is 1. The quantitative estimate of drug-likeness (QED) is 0.826. The summed E-state index contributed by atoms with van der Waals surface area (Å²) in [7, 11) is 0. The van der Waals surface area contributed by atoms with Crippen molar-refractivity contribution in [1.82, 2.24) is 5.32 Å². The van der Waals surface area contributed by atoms with Gasteiger partial charge in [0.15, 0.2) is 0 Å². The van der Waals surface area contributed by atoms with Crippen LogP contribution < -0.4 is 5.32 Å². The Labute approximate surface area is 115 Å². The summed E-state index contributed by atoms with van der Waals surface area (Å²) < 4.78 is 0. The van der Waals surface area contributed by atoms with Crippen molar-refractivity contribution >= 4 is 5.91 Å². The van der Waals surface area contributed by atoms with Crippen LogP contribution in [-0.4, -0.2) is 23.2 Å². The predicted octanol–water partition coefficient (Wildman–Crippen LogP) is 2.46. The van der Waals surface area contributed by atoms with Crippen molar-refractivity contribution in [3.8, 4) is 0 Å². The topological polar surface area (TPSA) is 49.3 Å². The van der Waals surface area contributed by atoms with Crippen LogP contribution in [0, 0.1) is 5.92 Å². The van der Waals surface area contributed by atoms with Crippen LogP contribution in [0.4, 0.5) is 0 Å². The van der Waals surface area contributed by atoms with Crippen molar-refractivity contribution in [2.75, 3.05) is 6.61 Å². The van der Waals surface area contributed by atoms with Gasteiger partial charge in [0, 0.05) is 5.92 Å². The molecule has 0 spiro atoms. The van der Waals surface area contributed by atoms with E-state index in [1.165, 1.54) is 5.56 Å². The molecular formula is C16H23NO2. The molecule has 104 valence electrons. The highest BCUT2D eigenvalue weighted by molar-refractivity contribution is 5.83. The molecule has 2 rings (SSSR count). The zero-order valence-electron chi connectivity index (χ0n) is 11.7. The molecule has 1 saturated carbocycles. The fourth-order valence-corrected chi connectivity index (χ4v) is 2.60. The highest BCUT2D eigenvalue weighted by Crippen LogP contribution is 2.47. The molecule has 1 fully saturated rings. The first-order valence-electron chi connectivity index (χ1n) is 7.13. The lowest BCUT2D eigenvalue weighted by Crippen LogP contribution is -2.51. The predicted molar refractivity (Wildman–Crippen MR) is 75.8 cm³/mol. The molecule has 1 aliphatic carbocycles. The molecule has 2 atom stereocenters. The second-order valence-electron chi connectivity index (χ2n) is 5.49. The fraction of sp³-hybridized carbons (Fsp3) is 0.562. The SMILES string of the molecule is CCC(CC)(CO)NC(=O)[C@@H]1C[C@H]1c1ccccc1. The second kappa shape index (κ2) is 5.74. The van der Waals surface area contributed by atoms with Gasteiger partial charge in [-0.2, -0.15) is 0 Å². The van der Waals surface area contributed by atoms with Gasteiger partial charge in [-0.15, -0.1) is 0 Å². The molecule has 0 aliphatic heterocycles. The number of carbonyl (C=O) groups excluding carboxylic acids is 1. The summed E-state index contributed by atoms with van der Waals surface area (Å²) in [6, 6.07) is 10.2. The minimum absolute atomic E-state index is 0.00840. The van der Waals surface area contributed by atoms with Crippen molar-refractivity contribution in [1.29, 1.82) is 0 Å². The Balaban J connectivity index is 1.96. The van der Waals surface area contributed by atoms with Crippen molar-refractivity contribution in [2.24, 2.45) is 5.92 Å². The highest BCUT2D eigenvalue weighted by Gasteiger charge is 2.45. The summed E-state index contributed by atoms with van der Waals surface area (Å²) in [6.07, 6.45) is 2.44. The van der Waals surface area contributed by atoms with Crippen LogP contribution in [0.1, 0.15) is 44.6 Å². The summed E-state index contributed by atoms with van der Waals surface area (Å²) >= 11 is 0. The Morgan fingerprint density at radius 3 is 2.47 bits per heavy atom. The van der Waals surface area contributed by atoms with E-state index in [0.717, 1.165) is 19.3 Å². The largest absolute Gasteiger partial charge is 0.394 e. The van der Waals surface area contributed by atoms with Gasteiger partial charge in [0.05, 0.1) is 12.1 Å². The van der Waals surface area contributed by atoms with E-state index >= 15 is 0 Å². The number of hydrogen-bond acceptors (Lipinski definition) is 2. The minimum Gasteiger partial charge on any atom is -0.394 e. The number of carbonyl (C=O) groups is 1. The monoisotopic (exact) mass is 261 g/mol. The maximum Gasteiger partial charge on any atom is 0.224 e. The molecular weight excluding hydrogens is 238 g/mol. The van der Waals surface area contributed by atoms with Gasteiger partial charge in [-0.1, -0.05) is 44.2 Å². The maximum atomic E-state index is 12.3. The first-order valence-corrected chi connectivity index (χ1v) is 7.13. The standard InChI is InChI=1S/C16H23NO2/c1-3-16(4-2,11-18)17-15(19)14-10-13(14)12-8-6-5-7-9-12/h5-9,13-14,18H,3-4,10-11H2,1-2H3,(H,17,19)/t13-,14+/m0/s1. The molecule has 0 bridgehead atoms. The molecule has 3 nitrogen and oxygen atoms in total. The Morgan fingerprint density at radius 2 is 1.95 bits per heavy atom. The molecule has 2 N–H and O–H groups in total. The van der Waals surface area contributed by atoms with Gasteiger partial charge < -0.3 is 10.4 Å². The van der Waals surface area contributed by atoms with E-state index in [4.69, 9.17) is 0 Å². The van der Waals surface area contributed by atoms with Gasteiger partial charge in [-0.3, -0.25) is 4.79 Å². The summed E-state index contributed by atoms with van der Waals surface area (Å²) in [5.74, 6) is 0.518. The van der Waals surface area contributed by atoms with Gasteiger partial charge in [-0.25, -0.2) is 0 Å². The van der Waals surface area contributed by atoms with Gasteiger partial charge in [0.1, 0.15) is 0 Å². The van der Waals surface area contributed by atoms with Crippen LogP contribution in [0.5, 0.6) is 0 Å². The number of rotatable bonds is 6. The zero-order valence-corrected chi connectivity index (χ0v) is 11.7. The highest BCUT2D eigenvalue weighted by atomic mass is 16.3. The van der Waals surface area contributed by atoms with Crippen LogP contribution in [-0.2, 0) is 4.79 Å². The van der Waals surface area contributed by atoms with E-state index in [1.54, 1.807) is 0 Å². The summed E-state index contributed by atoms with van der Waals surface area (Å²) in [5, 5.41) is 12.5. The molecule has 3 heteroatoms. The lowest BCUT2D eigenvalue weighted by Gasteiger charge is -2.30. The van der Waals surface area contributed by atoms with Gasteiger partial charge in [0.25, 0.3) is 0 Å². The van der Waals surface area contributed by atoms with Crippen LogP contribution in [0.15, 0.2) is 30.3 Å². The lowest BCUT2D eigenvalue weighted by molar-refractivity contribution is -0.125. The van der Waals surface area contributed by atoms with E-state index in [9.17, 15) is 9.90 Å². The van der Waals surface area contributed by atoms with Crippen molar-refractivity contribution in [2.45, 2.75) is 44.6 Å². The molecule has 0 aromatic heterocycles. The molecule has 0 unspecified atom stereocenters. The van der Waals surface area contributed by atoms with Crippen LogP contribution in [0.25, 0.3) is 0 Å². The van der Waals surface area contributed by atoms with E-state index in [-0.39, 0.29) is 18.4 Å². The summed E-state index contributed by atoms with van der Waals surface area (Å²) in [6.45, 7) is 4.01. The normalized spacial score (nSPS) is 22.1. The number of amides is 1. The van der Waals surface area contributed by atoms with E-state index in [1.807, 2.05) is 32.0 Å². The molecule has 1 aromatic carbocycles. The van der Waals surface area contributed by atoms with Gasteiger partial charge >= 0.3 is 0 Å². The summed E-state index contributed by atoms with van der Waals surface area (Å²) in [4.78, 5) is 12.3. The zero-order chi connectivity index (χ0) is 13.9. The average Bonchev–Trinajstić information content (AvgIpc) is 3.26. The molecule has 1 amide bonds. The third-order valence-corrected chi connectivity index (χ3v) is 4.40. The lowest BCUT2D eigenvalue weighted by atomic mass is 9.93. The summed E-state index contributed by atoms with van der Waals surface area (Å²) in [5.41, 5.74) is 0.797. The second-order valence-corrected chi connectivity index (χ2v) is 5.49. The van der Waals surface area contributed by atoms with Crippen molar-refractivity contribution < 1.29 is 9.90 Å². The van der Waals surface area contributed by atoms with Crippen LogP contribution in [0.3, 0.4) is 0 Å². The van der Waals surface area contributed by atoms with Gasteiger partial charge in [0.2, 0.25) is 5.91 Å². The molecule has 0 radical (unpaired) electrons. The van der Waals surface area contributed by atoms with E-state index in [0.29, 0.717) is 5.92 Å². The molecule has 1 aliphatic rings. The van der Waals surface area contributed by atoms with Crippen molar-refractivity contribution in [3.63, 3.8) is 0 Å². The first kappa shape index (κ1) is 14.1. The van der Waals surface area contributed by atoms with E-state index in [2.05, 4.69) is 17.4 Å². The van der Waals surface area contributed by atoms with E-state index < -0.39 is 5.54 Å². The Kier molecular flexibility index (Phi) is 4.25. The average molecular weight is 261 g/mol. The number of benzene rings is 1.